The van der Waals surface area contributed by atoms with Gasteiger partial charge in [0.25, 0.3) is 0 Å². The topological polar surface area (TPSA) is 123 Å². The monoisotopic (exact) mass is 1070 g/mol. The minimum Gasteiger partial charge on any atom is -0.355 e. The van der Waals surface area contributed by atoms with Crippen LogP contribution in [0.4, 0.5) is 28.9 Å². The molecule has 0 aromatic heterocycles. The quantitative estimate of drug-likeness (QED) is 0.0421. The number of unbranched alkanes of at least 4 members (excludes halogenated alkanes) is 1. The summed E-state index contributed by atoms with van der Waals surface area (Å²) < 4.78 is 53.9. The van der Waals surface area contributed by atoms with E-state index in [1.807, 2.05) is 24.3 Å². The molecule has 14 heteroatoms. The fourth-order valence-electron chi connectivity index (χ4n) is 10.3. The van der Waals surface area contributed by atoms with Crippen LogP contribution in [-0.4, -0.2) is 85.8 Å². The van der Waals surface area contributed by atoms with Crippen LogP contribution in [0, 0.1) is 23.3 Å². The molecule has 78 heavy (non-hydrogen) atoms. The minimum absolute atomic E-state index is 0. The molecule has 4 amide bonds. The van der Waals surface area contributed by atoms with Gasteiger partial charge < -0.3 is 31.1 Å². The van der Waals surface area contributed by atoms with Crippen LogP contribution in [0.25, 0.3) is 0 Å². The van der Waals surface area contributed by atoms with Crippen LogP contribution in [0.2, 0.25) is 0 Å². The number of benzene rings is 6. The number of halogens is 4. The molecule has 6 aromatic rings. The van der Waals surface area contributed by atoms with Crippen LogP contribution in [0.3, 0.4) is 0 Å². The van der Waals surface area contributed by atoms with Crippen LogP contribution in [0.1, 0.15) is 136 Å². The van der Waals surface area contributed by atoms with Crippen molar-refractivity contribution in [2.75, 3.05) is 63.0 Å². The highest BCUT2D eigenvalue weighted by atomic mass is 19.1. The molecular weight excluding hydrogens is 993 g/mol. The summed E-state index contributed by atoms with van der Waals surface area (Å²) >= 11 is 0. The van der Waals surface area contributed by atoms with E-state index in [1.165, 1.54) is 66.6 Å². The van der Waals surface area contributed by atoms with Gasteiger partial charge in [0.1, 0.15) is 23.3 Å². The summed E-state index contributed by atoms with van der Waals surface area (Å²) in [5.41, 5.74) is 6.89. The highest BCUT2D eigenvalue weighted by molar-refractivity contribution is 5.91. The van der Waals surface area contributed by atoms with E-state index >= 15 is 0 Å². The summed E-state index contributed by atoms with van der Waals surface area (Å²) in [6.07, 6.45) is 8.29. The summed E-state index contributed by atoms with van der Waals surface area (Å²) in [6.45, 7) is 10.4. The van der Waals surface area contributed by atoms with E-state index in [9.17, 15) is 36.7 Å². The van der Waals surface area contributed by atoms with Crippen molar-refractivity contribution in [3.05, 3.63) is 202 Å². The van der Waals surface area contributed by atoms with Crippen LogP contribution in [0.5, 0.6) is 0 Å². The van der Waals surface area contributed by atoms with E-state index in [0.29, 0.717) is 53.6 Å². The first-order chi connectivity index (χ1) is 37.3. The maximum Gasteiger partial charge on any atom is 0.232 e. The molecular formula is C64H76F4N6O4. The number of carbonyl (C=O) groups excluding carboxylic acids is 4. The number of anilines is 2. The number of amides is 4. The van der Waals surface area contributed by atoms with Crippen LogP contribution in [-0.2, 0) is 19.2 Å². The summed E-state index contributed by atoms with van der Waals surface area (Å²) in [7, 11) is 0. The van der Waals surface area contributed by atoms with Crippen molar-refractivity contribution >= 4 is 35.0 Å². The molecule has 2 saturated heterocycles. The number of carbonyl (C=O) groups is 4. The van der Waals surface area contributed by atoms with Gasteiger partial charge in [-0.25, -0.2) is 17.6 Å². The van der Waals surface area contributed by atoms with Gasteiger partial charge in [0, 0.05) is 37.8 Å². The minimum atomic E-state index is -0.635. The lowest BCUT2D eigenvalue weighted by atomic mass is 9.89. The van der Waals surface area contributed by atoms with Crippen molar-refractivity contribution in [2.45, 2.75) is 103 Å². The molecule has 0 radical (unpaired) electrons. The Kier molecular flexibility index (Phi) is 23.6. The lowest BCUT2D eigenvalue weighted by Gasteiger charge is -2.32. The van der Waals surface area contributed by atoms with E-state index < -0.39 is 11.8 Å². The van der Waals surface area contributed by atoms with Gasteiger partial charge in [-0.2, -0.15) is 0 Å². The lowest BCUT2D eigenvalue weighted by molar-refractivity contribution is -0.122. The van der Waals surface area contributed by atoms with Crippen LogP contribution in [0.15, 0.2) is 146 Å². The van der Waals surface area contributed by atoms with E-state index in [0.717, 1.165) is 102 Å². The van der Waals surface area contributed by atoms with Gasteiger partial charge in [-0.3, -0.25) is 19.2 Å². The third kappa shape index (κ3) is 18.5. The first-order valence-corrected chi connectivity index (χ1v) is 27.1. The Morgan fingerprint density at radius 1 is 0.500 bits per heavy atom. The molecule has 2 fully saturated rings. The van der Waals surface area contributed by atoms with Gasteiger partial charge in [0.05, 0.1) is 11.8 Å². The molecule has 414 valence electrons. The molecule has 2 aliphatic heterocycles. The Bertz CT molecular complexity index is 2730. The molecule has 0 aliphatic carbocycles. The molecule has 0 unspecified atom stereocenters. The maximum atomic E-state index is 13.5. The molecule has 2 aliphatic rings. The van der Waals surface area contributed by atoms with Gasteiger partial charge in [-0.15, -0.1) is 0 Å². The molecule has 0 saturated carbocycles. The Hall–Kier alpha value is -7.16. The van der Waals surface area contributed by atoms with Crippen molar-refractivity contribution in [2.24, 2.45) is 0 Å². The number of piperidine rings is 2. The number of hydrogen-bond donors (Lipinski definition) is 4. The highest BCUT2D eigenvalue weighted by Crippen LogP contribution is 2.32. The third-order valence-electron chi connectivity index (χ3n) is 14.5. The molecule has 4 N–H and O–H groups in total. The average molecular weight is 1070 g/mol. The van der Waals surface area contributed by atoms with Gasteiger partial charge in [-0.1, -0.05) is 93.6 Å². The second-order valence-electron chi connectivity index (χ2n) is 20.2. The summed E-state index contributed by atoms with van der Waals surface area (Å²) in [6, 6.07) is 39.8. The van der Waals surface area contributed by atoms with Crippen LogP contribution >= 0.6 is 0 Å². The predicted octanol–water partition coefficient (Wildman–Crippen LogP) is 12.7. The molecule has 0 spiro atoms. The molecule has 2 heterocycles. The van der Waals surface area contributed by atoms with Crippen molar-refractivity contribution in [3.63, 3.8) is 0 Å². The van der Waals surface area contributed by atoms with Crippen molar-refractivity contribution in [1.29, 1.82) is 0 Å². The Morgan fingerprint density at radius 3 is 1.18 bits per heavy atom. The van der Waals surface area contributed by atoms with E-state index in [2.05, 4.69) is 62.3 Å². The fourth-order valence-corrected chi connectivity index (χ4v) is 10.3. The van der Waals surface area contributed by atoms with Gasteiger partial charge in [0.2, 0.25) is 23.6 Å². The van der Waals surface area contributed by atoms with Crippen molar-refractivity contribution in [3.8, 4) is 0 Å². The van der Waals surface area contributed by atoms with Crippen molar-refractivity contribution in [1.82, 2.24) is 20.4 Å². The van der Waals surface area contributed by atoms with Gasteiger partial charge in [0.15, 0.2) is 0 Å². The summed E-state index contributed by atoms with van der Waals surface area (Å²) in [5, 5.41) is 11.9. The molecule has 0 atom stereocenters. The SMILES string of the molecule is C.CC(=O)Nc1cccc(C2CCN(CCCNC(=O)C(c3ccc(F)cc3)c3ccc(F)cc3)CC2)c1.CCCCC(=O)Nc1cccc(C2CCN(CCCNC(=O)C(c3ccc(F)cc3)c3ccc(F)cc3)CC2)c1. The largest absolute Gasteiger partial charge is 0.355 e. The third-order valence-corrected chi connectivity index (χ3v) is 14.5. The maximum absolute atomic E-state index is 13.5. The highest BCUT2D eigenvalue weighted by Gasteiger charge is 2.26. The van der Waals surface area contributed by atoms with E-state index in [1.54, 1.807) is 48.5 Å². The molecule has 8 rings (SSSR count). The number of likely N-dealkylation sites (tertiary alicyclic amines) is 2. The fraction of sp³-hybridized carbons (Fsp3) is 0.375. The predicted molar refractivity (Wildman–Crippen MR) is 303 cm³/mol. The normalized spacial score (nSPS) is 14.2. The Labute approximate surface area is 458 Å². The Morgan fingerprint density at radius 2 is 0.846 bits per heavy atom. The number of rotatable bonds is 21. The smallest absolute Gasteiger partial charge is 0.232 e. The first-order valence-electron chi connectivity index (χ1n) is 27.1. The molecule has 6 aromatic carbocycles. The summed E-state index contributed by atoms with van der Waals surface area (Å²) in [5.74, 6) is -2.17. The first kappa shape index (κ1) is 60.1. The number of nitrogens with one attached hydrogen (secondary N) is 4. The van der Waals surface area contributed by atoms with Gasteiger partial charge >= 0.3 is 0 Å². The second kappa shape index (κ2) is 30.7. The molecule has 10 nitrogen and oxygen atoms in total. The average Bonchev–Trinajstić information content (AvgIpc) is 3.45. The van der Waals surface area contributed by atoms with Crippen LogP contribution < -0.4 is 21.3 Å². The number of hydrogen-bond acceptors (Lipinski definition) is 6. The van der Waals surface area contributed by atoms with Gasteiger partial charge in [-0.05, 0) is 202 Å². The lowest BCUT2D eigenvalue weighted by Crippen LogP contribution is -2.36. The van der Waals surface area contributed by atoms with E-state index in [-0.39, 0.29) is 54.3 Å². The number of nitrogens with zero attached hydrogens (tertiary/aromatic N) is 2. The second-order valence-corrected chi connectivity index (χ2v) is 20.2. The summed E-state index contributed by atoms with van der Waals surface area (Å²) in [4.78, 5) is 54.6. The van der Waals surface area contributed by atoms with Crippen molar-refractivity contribution < 1.29 is 36.7 Å². The zero-order valence-electron chi connectivity index (χ0n) is 44.2. The standard InChI is InChI=1S/C33H39F2N3O2.C30H33F2N3O2.CH4/c1-2-3-8-31(39)37-30-7-4-6-27(23-30)24-17-21-38(22-18-24)20-5-19-36-33(40)32(25-9-13-28(34)14-10-25)26-11-15-29(35)16-12-26;1-21(36)34-28-5-2-4-25(20-28)22-14-18-35(19-15-22)17-3-16-33-30(37)29(23-6-10-26(31)11-7-23)24-8-12-27(32)13-9-24;/h4,6-7,9-16,23-24,32H,2-3,5,8,17-22H2,1H3,(H,36,40)(H,37,39);2,4-13,20,22,29H,3,14-19H2,1H3,(H,33,37)(H,34,36);1H4. The Balaban J connectivity index is 0.000000250. The zero-order valence-corrected chi connectivity index (χ0v) is 44.2. The molecule has 0 bridgehead atoms. The zero-order chi connectivity index (χ0) is 54.5. The van der Waals surface area contributed by atoms with E-state index in [4.69, 9.17) is 0 Å².